The molecule has 0 spiro atoms. The quantitative estimate of drug-likeness (QED) is 0.663. The molecular formula is C22H26N2O3. The fourth-order valence-corrected chi connectivity index (χ4v) is 3.21. The Hall–Kier alpha value is -2.95. The highest BCUT2D eigenvalue weighted by Gasteiger charge is 2.18. The van der Waals surface area contributed by atoms with Gasteiger partial charge in [-0.05, 0) is 63.6 Å². The molecule has 1 unspecified atom stereocenters. The van der Waals surface area contributed by atoms with Gasteiger partial charge in [-0.1, -0.05) is 12.1 Å². The first-order valence-corrected chi connectivity index (χ1v) is 9.22. The Morgan fingerprint density at radius 1 is 1.22 bits per heavy atom. The van der Waals surface area contributed by atoms with Crippen LogP contribution in [0.5, 0.6) is 5.75 Å². The maximum absolute atomic E-state index is 12.8. The number of hydrogen-bond acceptors (Lipinski definition) is 3. The van der Waals surface area contributed by atoms with E-state index in [4.69, 9.17) is 9.15 Å². The minimum absolute atomic E-state index is 0.0739. The summed E-state index contributed by atoms with van der Waals surface area (Å²) < 4.78 is 13.0. The lowest BCUT2D eigenvalue weighted by atomic mass is 10.1. The zero-order valence-electron chi connectivity index (χ0n) is 16.3. The number of nitrogens with zero attached hydrogens (tertiary/aromatic N) is 1. The number of nitrogens with one attached hydrogen (secondary N) is 1. The number of aromatic nitrogens is 1. The van der Waals surface area contributed by atoms with Crippen molar-refractivity contribution in [3.63, 3.8) is 0 Å². The van der Waals surface area contributed by atoms with Gasteiger partial charge in [0.1, 0.15) is 11.5 Å². The molecule has 0 saturated heterocycles. The van der Waals surface area contributed by atoms with Gasteiger partial charge in [-0.3, -0.25) is 4.79 Å². The predicted octanol–water partition coefficient (Wildman–Crippen LogP) is 4.64. The van der Waals surface area contributed by atoms with Gasteiger partial charge in [0.25, 0.3) is 5.91 Å². The summed E-state index contributed by atoms with van der Waals surface area (Å²) in [6.45, 7) is 9.16. The molecule has 0 aliphatic carbocycles. The first-order chi connectivity index (χ1) is 13.0. The molecule has 2 heterocycles. The Kier molecular flexibility index (Phi) is 5.69. The molecule has 5 nitrogen and oxygen atoms in total. The average Bonchev–Trinajstić information content (AvgIpc) is 3.26. The first kappa shape index (κ1) is 18.8. The van der Waals surface area contributed by atoms with Gasteiger partial charge in [0.2, 0.25) is 0 Å². The Labute approximate surface area is 160 Å². The number of hydrogen-bond donors (Lipinski definition) is 1. The van der Waals surface area contributed by atoms with Crippen molar-refractivity contribution < 1.29 is 13.9 Å². The zero-order chi connectivity index (χ0) is 19.4. The molecule has 5 heteroatoms. The molecule has 1 N–H and O–H groups in total. The predicted molar refractivity (Wildman–Crippen MR) is 105 cm³/mol. The minimum Gasteiger partial charge on any atom is -0.494 e. The van der Waals surface area contributed by atoms with Crippen molar-refractivity contribution in [3.8, 4) is 5.75 Å². The van der Waals surface area contributed by atoms with E-state index in [1.165, 1.54) is 0 Å². The third kappa shape index (κ3) is 4.25. The maximum Gasteiger partial charge on any atom is 0.253 e. The third-order valence-corrected chi connectivity index (χ3v) is 4.75. The van der Waals surface area contributed by atoms with Crippen LogP contribution in [0.2, 0.25) is 0 Å². The standard InChI is InChI=1S/C22H26N2O3/c1-5-26-19-10-8-18(9-11-19)16(3)23-22(25)21-13-15(2)24(17(21)4)14-20-7-6-12-27-20/h6-13,16H,5,14H2,1-4H3,(H,23,25). The average molecular weight is 366 g/mol. The lowest BCUT2D eigenvalue weighted by molar-refractivity contribution is 0.0939. The summed E-state index contributed by atoms with van der Waals surface area (Å²) in [5.74, 6) is 1.63. The van der Waals surface area contributed by atoms with Gasteiger partial charge in [0.15, 0.2) is 0 Å². The number of carbonyl (C=O) groups excluding carboxylic acids is 1. The van der Waals surface area contributed by atoms with Crippen LogP contribution in [0.4, 0.5) is 0 Å². The molecule has 0 aliphatic rings. The number of aryl methyl sites for hydroxylation is 1. The first-order valence-electron chi connectivity index (χ1n) is 9.22. The van der Waals surface area contributed by atoms with Gasteiger partial charge in [0.05, 0.1) is 31.0 Å². The van der Waals surface area contributed by atoms with Crippen molar-refractivity contribution in [3.05, 3.63) is 77.0 Å². The van der Waals surface area contributed by atoms with E-state index in [9.17, 15) is 4.79 Å². The molecule has 0 saturated carbocycles. The van der Waals surface area contributed by atoms with Crippen LogP contribution in [0.25, 0.3) is 0 Å². The summed E-state index contributed by atoms with van der Waals surface area (Å²) in [5, 5.41) is 3.09. The summed E-state index contributed by atoms with van der Waals surface area (Å²) in [6.07, 6.45) is 1.66. The second-order valence-corrected chi connectivity index (χ2v) is 6.65. The summed E-state index contributed by atoms with van der Waals surface area (Å²) >= 11 is 0. The number of amides is 1. The minimum atomic E-state index is -0.0960. The third-order valence-electron chi connectivity index (χ3n) is 4.75. The second-order valence-electron chi connectivity index (χ2n) is 6.65. The molecule has 0 bridgehead atoms. The van der Waals surface area contributed by atoms with E-state index in [-0.39, 0.29) is 11.9 Å². The molecular weight excluding hydrogens is 340 g/mol. The van der Waals surface area contributed by atoms with Gasteiger partial charge >= 0.3 is 0 Å². The largest absolute Gasteiger partial charge is 0.494 e. The van der Waals surface area contributed by atoms with Crippen molar-refractivity contribution >= 4 is 5.91 Å². The Bertz CT molecular complexity index is 893. The van der Waals surface area contributed by atoms with Gasteiger partial charge in [0, 0.05) is 11.4 Å². The molecule has 27 heavy (non-hydrogen) atoms. The van der Waals surface area contributed by atoms with Crippen LogP contribution < -0.4 is 10.1 Å². The van der Waals surface area contributed by atoms with Crippen LogP contribution in [0.1, 0.15) is 53.0 Å². The number of carbonyl (C=O) groups is 1. The topological polar surface area (TPSA) is 56.4 Å². The smallest absolute Gasteiger partial charge is 0.253 e. The normalized spacial score (nSPS) is 12.0. The Morgan fingerprint density at radius 3 is 2.59 bits per heavy atom. The molecule has 3 rings (SSSR count). The van der Waals surface area contributed by atoms with Crippen molar-refractivity contribution in [2.24, 2.45) is 0 Å². The van der Waals surface area contributed by atoms with Gasteiger partial charge < -0.3 is 19.0 Å². The number of benzene rings is 1. The molecule has 2 aromatic heterocycles. The lowest BCUT2D eigenvalue weighted by Gasteiger charge is -2.15. The molecule has 1 atom stereocenters. The highest BCUT2D eigenvalue weighted by atomic mass is 16.5. The van der Waals surface area contributed by atoms with E-state index in [2.05, 4.69) is 9.88 Å². The van der Waals surface area contributed by atoms with E-state index in [1.807, 2.05) is 70.2 Å². The molecule has 0 radical (unpaired) electrons. The van der Waals surface area contributed by atoms with Crippen LogP contribution in [-0.2, 0) is 6.54 Å². The summed E-state index contributed by atoms with van der Waals surface area (Å²) in [6, 6.07) is 13.5. The van der Waals surface area contributed by atoms with Crippen LogP contribution in [0.3, 0.4) is 0 Å². The Morgan fingerprint density at radius 2 is 1.96 bits per heavy atom. The molecule has 1 amide bonds. The summed E-state index contributed by atoms with van der Waals surface area (Å²) in [7, 11) is 0. The van der Waals surface area contributed by atoms with Crippen molar-refractivity contribution in [1.82, 2.24) is 9.88 Å². The SMILES string of the molecule is CCOc1ccc(C(C)NC(=O)c2cc(C)n(Cc3ccco3)c2C)cc1. The van der Waals surface area contributed by atoms with E-state index in [0.29, 0.717) is 18.7 Å². The summed E-state index contributed by atoms with van der Waals surface area (Å²) in [4.78, 5) is 12.8. The highest BCUT2D eigenvalue weighted by Crippen LogP contribution is 2.21. The van der Waals surface area contributed by atoms with Gasteiger partial charge in [-0.2, -0.15) is 0 Å². The number of ether oxygens (including phenoxy) is 1. The fraction of sp³-hybridized carbons (Fsp3) is 0.318. The van der Waals surface area contributed by atoms with Crippen LogP contribution >= 0.6 is 0 Å². The zero-order valence-corrected chi connectivity index (χ0v) is 16.3. The second kappa shape index (κ2) is 8.16. The monoisotopic (exact) mass is 366 g/mol. The van der Waals surface area contributed by atoms with Crippen molar-refractivity contribution in [2.45, 2.75) is 40.3 Å². The Balaban J connectivity index is 1.72. The number of rotatable bonds is 7. The van der Waals surface area contributed by atoms with E-state index in [1.54, 1.807) is 6.26 Å². The van der Waals surface area contributed by atoms with E-state index >= 15 is 0 Å². The molecule has 0 fully saturated rings. The molecule has 142 valence electrons. The van der Waals surface area contributed by atoms with E-state index in [0.717, 1.165) is 28.5 Å². The molecule has 0 aliphatic heterocycles. The van der Waals surface area contributed by atoms with Crippen LogP contribution in [0.15, 0.2) is 53.1 Å². The maximum atomic E-state index is 12.8. The number of furan rings is 1. The lowest BCUT2D eigenvalue weighted by Crippen LogP contribution is -2.27. The summed E-state index contributed by atoms with van der Waals surface area (Å²) in [5.41, 5.74) is 3.69. The van der Waals surface area contributed by atoms with Gasteiger partial charge in [-0.15, -0.1) is 0 Å². The van der Waals surface area contributed by atoms with Crippen molar-refractivity contribution in [1.29, 1.82) is 0 Å². The van der Waals surface area contributed by atoms with E-state index < -0.39 is 0 Å². The van der Waals surface area contributed by atoms with Gasteiger partial charge in [-0.25, -0.2) is 0 Å². The molecule has 1 aromatic carbocycles. The van der Waals surface area contributed by atoms with Crippen molar-refractivity contribution in [2.75, 3.05) is 6.61 Å². The van der Waals surface area contributed by atoms with Crippen LogP contribution in [0, 0.1) is 13.8 Å². The molecule has 3 aromatic rings. The van der Waals surface area contributed by atoms with Crippen LogP contribution in [-0.4, -0.2) is 17.1 Å². The highest BCUT2D eigenvalue weighted by molar-refractivity contribution is 5.96. The fourth-order valence-electron chi connectivity index (χ4n) is 3.21.